The van der Waals surface area contributed by atoms with E-state index in [9.17, 15) is 14.4 Å². The Kier molecular flexibility index (Phi) is 3.08. The fraction of sp³-hybridized carbons (Fsp3) is 0.154. The Labute approximate surface area is 108 Å². The van der Waals surface area contributed by atoms with Crippen molar-refractivity contribution >= 4 is 5.97 Å². The Morgan fingerprint density at radius 1 is 1.26 bits per heavy atom. The maximum atomic E-state index is 11.8. The largest absolute Gasteiger partial charge is 0.477 e. The van der Waals surface area contributed by atoms with Crippen molar-refractivity contribution in [3.63, 3.8) is 0 Å². The fourth-order valence-corrected chi connectivity index (χ4v) is 1.80. The summed E-state index contributed by atoms with van der Waals surface area (Å²) in [5.41, 5.74) is 0.312. The molecule has 0 aliphatic rings. The predicted octanol–water partition coefficient (Wildman–Crippen LogP) is 0.841. The molecule has 2 aromatic rings. The Hall–Kier alpha value is -2.63. The lowest BCUT2D eigenvalue weighted by molar-refractivity contribution is 0.0694. The molecule has 2 N–H and O–H groups in total. The van der Waals surface area contributed by atoms with Gasteiger partial charge in [0.1, 0.15) is 5.56 Å². The number of aromatic amines is 1. The first-order chi connectivity index (χ1) is 8.91. The van der Waals surface area contributed by atoms with Crippen molar-refractivity contribution in [1.29, 1.82) is 0 Å². The molecule has 0 amide bonds. The monoisotopic (exact) mass is 260 g/mol. The summed E-state index contributed by atoms with van der Waals surface area (Å²) >= 11 is 0. The minimum absolute atomic E-state index is 0.472. The minimum atomic E-state index is -1.37. The van der Waals surface area contributed by atoms with Gasteiger partial charge in [-0.05, 0) is 31.0 Å². The Bertz CT molecular complexity index is 771. The Morgan fingerprint density at radius 3 is 2.58 bits per heavy atom. The molecule has 1 aromatic carbocycles. The highest BCUT2D eigenvalue weighted by Crippen LogP contribution is 2.15. The zero-order valence-corrected chi connectivity index (χ0v) is 10.4. The van der Waals surface area contributed by atoms with E-state index in [-0.39, 0.29) is 0 Å². The molecule has 1 heterocycles. The first-order valence-electron chi connectivity index (χ1n) is 5.57. The number of carboxylic acid groups (broad SMARTS) is 1. The number of carboxylic acids is 1. The lowest BCUT2D eigenvalue weighted by atomic mass is 10.1. The first kappa shape index (κ1) is 12.8. The maximum Gasteiger partial charge on any atom is 0.342 e. The molecule has 19 heavy (non-hydrogen) atoms. The van der Waals surface area contributed by atoms with Crippen LogP contribution in [0, 0.1) is 13.8 Å². The summed E-state index contributed by atoms with van der Waals surface area (Å²) in [6.45, 7) is 3.70. The van der Waals surface area contributed by atoms with Crippen LogP contribution in [-0.2, 0) is 0 Å². The fourth-order valence-electron chi connectivity index (χ4n) is 1.80. The standard InChI is InChI=1S/C13H12N2O4/c1-7-4-3-5-10(8(7)2)15-6-9(12(17)18)11(16)14-13(15)19/h3-6H,1-2H3,(H,17,18)(H,14,16,19). The number of nitrogens with one attached hydrogen (secondary N) is 1. The van der Waals surface area contributed by atoms with Gasteiger partial charge in [0.2, 0.25) is 0 Å². The SMILES string of the molecule is Cc1cccc(-n2cc(C(=O)O)c(=O)[nH]c2=O)c1C. The number of rotatable bonds is 2. The number of aryl methyl sites for hydroxylation is 1. The van der Waals surface area contributed by atoms with Gasteiger partial charge in [-0.1, -0.05) is 12.1 Å². The maximum absolute atomic E-state index is 11.8. The number of carbonyl (C=O) groups is 1. The van der Waals surface area contributed by atoms with Crippen LogP contribution in [0.4, 0.5) is 0 Å². The van der Waals surface area contributed by atoms with Gasteiger partial charge in [0.05, 0.1) is 5.69 Å². The van der Waals surface area contributed by atoms with Crippen LogP contribution in [0.15, 0.2) is 34.0 Å². The molecular weight excluding hydrogens is 248 g/mol. The molecule has 0 atom stereocenters. The molecule has 0 spiro atoms. The number of hydrogen-bond donors (Lipinski definition) is 2. The average Bonchev–Trinajstić information content (AvgIpc) is 2.33. The van der Waals surface area contributed by atoms with Crippen LogP contribution in [0.5, 0.6) is 0 Å². The van der Waals surface area contributed by atoms with Crippen LogP contribution in [-0.4, -0.2) is 20.6 Å². The lowest BCUT2D eigenvalue weighted by Crippen LogP contribution is -2.32. The molecule has 2 rings (SSSR count). The van der Waals surface area contributed by atoms with E-state index in [2.05, 4.69) is 0 Å². The third-order valence-electron chi connectivity index (χ3n) is 3.01. The molecule has 98 valence electrons. The second kappa shape index (κ2) is 4.56. The minimum Gasteiger partial charge on any atom is -0.477 e. The van der Waals surface area contributed by atoms with Crippen molar-refractivity contribution in [1.82, 2.24) is 9.55 Å². The second-order valence-corrected chi connectivity index (χ2v) is 4.20. The summed E-state index contributed by atoms with van der Waals surface area (Å²) in [5.74, 6) is -1.37. The van der Waals surface area contributed by atoms with Gasteiger partial charge < -0.3 is 5.11 Å². The van der Waals surface area contributed by atoms with Crippen LogP contribution in [0.2, 0.25) is 0 Å². The molecule has 1 aromatic heterocycles. The van der Waals surface area contributed by atoms with E-state index in [0.717, 1.165) is 21.9 Å². The lowest BCUT2D eigenvalue weighted by Gasteiger charge is -2.11. The molecule has 0 bridgehead atoms. The zero-order chi connectivity index (χ0) is 14.2. The van der Waals surface area contributed by atoms with E-state index in [0.29, 0.717) is 5.69 Å². The van der Waals surface area contributed by atoms with E-state index < -0.39 is 22.8 Å². The number of hydrogen-bond acceptors (Lipinski definition) is 3. The van der Waals surface area contributed by atoms with Crippen molar-refractivity contribution in [2.24, 2.45) is 0 Å². The van der Waals surface area contributed by atoms with E-state index in [4.69, 9.17) is 5.11 Å². The summed E-state index contributed by atoms with van der Waals surface area (Å²) in [6, 6.07) is 5.33. The van der Waals surface area contributed by atoms with Gasteiger partial charge in [-0.2, -0.15) is 0 Å². The third-order valence-corrected chi connectivity index (χ3v) is 3.01. The third kappa shape index (κ3) is 2.20. The molecule has 0 saturated heterocycles. The smallest absolute Gasteiger partial charge is 0.342 e. The summed E-state index contributed by atoms with van der Waals surface area (Å²) in [4.78, 5) is 36.1. The quantitative estimate of drug-likeness (QED) is 0.836. The van der Waals surface area contributed by atoms with Crippen molar-refractivity contribution in [3.05, 3.63) is 61.9 Å². The van der Waals surface area contributed by atoms with E-state index in [1.807, 2.05) is 24.9 Å². The average molecular weight is 260 g/mol. The van der Waals surface area contributed by atoms with Gasteiger partial charge in [0.25, 0.3) is 5.56 Å². The van der Waals surface area contributed by atoms with E-state index >= 15 is 0 Å². The first-order valence-corrected chi connectivity index (χ1v) is 5.57. The summed E-state index contributed by atoms with van der Waals surface area (Å²) in [6.07, 6.45) is 1.05. The molecule has 0 fully saturated rings. The second-order valence-electron chi connectivity index (χ2n) is 4.20. The predicted molar refractivity (Wildman–Crippen MR) is 69.1 cm³/mol. The topological polar surface area (TPSA) is 92.2 Å². The molecule has 0 aliphatic carbocycles. The van der Waals surface area contributed by atoms with Gasteiger partial charge in [-0.15, -0.1) is 0 Å². The number of aromatic nitrogens is 2. The van der Waals surface area contributed by atoms with Gasteiger partial charge in [0.15, 0.2) is 0 Å². The van der Waals surface area contributed by atoms with Crippen molar-refractivity contribution in [2.75, 3.05) is 0 Å². The number of aromatic carboxylic acids is 1. The van der Waals surface area contributed by atoms with Gasteiger partial charge in [0, 0.05) is 6.20 Å². The summed E-state index contributed by atoms with van der Waals surface area (Å²) in [5, 5.41) is 8.92. The molecule has 0 unspecified atom stereocenters. The molecule has 0 saturated carbocycles. The Balaban J connectivity index is 2.80. The molecule has 0 radical (unpaired) electrons. The van der Waals surface area contributed by atoms with Crippen LogP contribution in [0.3, 0.4) is 0 Å². The van der Waals surface area contributed by atoms with Crippen LogP contribution >= 0.6 is 0 Å². The number of H-pyrrole nitrogens is 1. The Morgan fingerprint density at radius 2 is 1.95 bits per heavy atom. The summed E-state index contributed by atoms with van der Waals surface area (Å²) < 4.78 is 1.13. The molecule has 6 nitrogen and oxygen atoms in total. The van der Waals surface area contributed by atoms with Crippen LogP contribution in [0.25, 0.3) is 5.69 Å². The van der Waals surface area contributed by atoms with Crippen molar-refractivity contribution < 1.29 is 9.90 Å². The molecule has 0 aliphatic heterocycles. The van der Waals surface area contributed by atoms with E-state index in [1.165, 1.54) is 0 Å². The zero-order valence-electron chi connectivity index (χ0n) is 10.4. The van der Waals surface area contributed by atoms with E-state index in [1.54, 1.807) is 12.1 Å². The van der Waals surface area contributed by atoms with Crippen LogP contribution in [0.1, 0.15) is 21.5 Å². The van der Waals surface area contributed by atoms with Gasteiger partial charge in [-0.3, -0.25) is 14.3 Å². The van der Waals surface area contributed by atoms with Gasteiger partial charge >= 0.3 is 11.7 Å². The highest BCUT2D eigenvalue weighted by Gasteiger charge is 2.13. The normalized spacial score (nSPS) is 10.4. The van der Waals surface area contributed by atoms with Gasteiger partial charge in [-0.25, -0.2) is 9.59 Å². The van der Waals surface area contributed by atoms with Crippen molar-refractivity contribution in [3.8, 4) is 5.69 Å². The summed E-state index contributed by atoms with van der Waals surface area (Å²) in [7, 11) is 0. The highest BCUT2D eigenvalue weighted by atomic mass is 16.4. The van der Waals surface area contributed by atoms with Crippen molar-refractivity contribution in [2.45, 2.75) is 13.8 Å². The van der Waals surface area contributed by atoms with Crippen LogP contribution < -0.4 is 11.2 Å². The number of nitrogens with zero attached hydrogens (tertiary/aromatic N) is 1. The number of benzene rings is 1. The highest BCUT2D eigenvalue weighted by molar-refractivity contribution is 5.86. The molecule has 6 heteroatoms. The molecular formula is C13H12N2O4.